The van der Waals surface area contributed by atoms with E-state index in [2.05, 4.69) is 10.6 Å². The average molecular weight is 410 g/mol. The molecule has 1 aliphatic heterocycles. The Kier molecular flexibility index (Phi) is 6.97. The summed E-state index contributed by atoms with van der Waals surface area (Å²) in [5.74, 6) is -2.32. The number of carboxylic acid groups (broad SMARTS) is 2. The third-order valence-electron chi connectivity index (χ3n) is 5.48. The molecule has 7 heteroatoms. The summed E-state index contributed by atoms with van der Waals surface area (Å²) < 4.78 is 0. The highest BCUT2D eigenvalue weighted by Gasteiger charge is 2.36. The first kappa shape index (κ1) is 21.7. The van der Waals surface area contributed by atoms with E-state index in [1.54, 1.807) is 19.1 Å². The van der Waals surface area contributed by atoms with Crippen LogP contribution in [0.4, 0.5) is 0 Å². The van der Waals surface area contributed by atoms with Gasteiger partial charge in [-0.1, -0.05) is 54.6 Å². The van der Waals surface area contributed by atoms with Crippen LogP contribution in [0, 0.1) is 0 Å². The number of rotatable bonds is 9. The number of Topliss-reactive ketones (excluding diaryl/α,β-unsaturated/α-hetero) is 1. The van der Waals surface area contributed by atoms with Crippen molar-refractivity contribution in [3.8, 4) is 0 Å². The zero-order valence-electron chi connectivity index (χ0n) is 16.7. The number of hydrogen-bond acceptors (Lipinski definition) is 5. The Morgan fingerprint density at radius 2 is 1.73 bits per heavy atom. The molecule has 4 atom stereocenters. The molecule has 1 aliphatic rings. The van der Waals surface area contributed by atoms with Gasteiger partial charge in [-0.15, -0.1) is 0 Å². The lowest BCUT2D eigenvalue weighted by molar-refractivity contribution is -0.140. The molecule has 0 radical (unpaired) electrons. The van der Waals surface area contributed by atoms with Crippen LogP contribution in [0.5, 0.6) is 0 Å². The second-order valence-corrected chi connectivity index (χ2v) is 7.60. The van der Waals surface area contributed by atoms with E-state index < -0.39 is 36.1 Å². The molecule has 1 heterocycles. The summed E-state index contributed by atoms with van der Waals surface area (Å²) in [6.45, 7) is 1.62. The number of ketones is 1. The fourth-order valence-corrected chi connectivity index (χ4v) is 3.83. The second kappa shape index (κ2) is 9.65. The highest BCUT2D eigenvalue weighted by Crippen LogP contribution is 2.27. The lowest BCUT2D eigenvalue weighted by Gasteiger charge is -2.32. The number of nitrogens with one attached hydrogen (secondary N) is 2. The van der Waals surface area contributed by atoms with Crippen molar-refractivity contribution in [3.05, 3.63) is 71.3 Å². The molecule has 2 aromatic rings. The van der Waals surface area contributed by atoms with Crippen LogP contribution in [-0.4, -0.2) is 46.1 Å². The minimum Gasteiger partial charge on any atom is -0.480 e. The van der Waals surface area contributed by atoms with Gasteiger partial charge in [0.25, 0.3) is 0 Å². The summed E-state index contributed by atoms with van der Waals surface area (Å²) in [4.78, 5) is 36.4. The number of carbonyl (C=O) groups excluding carboxylic acids is 1. The molecule has 3 rings (SSSR count). The number of carboxylic acids is 2. The van der Waals surface area contributed by atoms with Gasteiger partial charge in [-0.25, -0.2) is 0 Å². The molecule has 7 nitrogen and oxygen atoms in total. The number of carbonyl (C=O) groups is 3. The van der Waals surface area contributed by atoms with E-state index in [0.717, 1.165) is 16.7 Å². The molecule has 0 amide bonds. The van der Waals surface area contributed by atoms with Gasteiger partial charge in [0, 0.05) is 0 Å². The quantitative estimate of drug-likeness (QED) is 0.499. The third kappa shape index (κ3) is 5.11. The zero-order chi connectivity index (χ0) is 21.7. The first-order valence-electron chi connectivity index (χ1n) is 10.00. The standard InChI is InChI=1S/C23H26N2O5/c1-14(24-18(22(27)28)12-11-15-7-3-2-4-8-15)21(26)20-17-10-6-5-9-16(17)13-19(25-20)23(29)30/h2-10,14,18-20,24-25H,11-13H2,1H3,(H,27,28)(H,29,30)/t14-,18?,19?,20?/m0/s1. The molecule has 0 bridgehead atoms. The van der Waals surface area contributed by atoms with Crippen LogP contribution in [0.25, 0.3) is 0 Å². The molecule has 0 saturated heterocycles. The van der Waals surface area contributed by atoms with Crippen molar-refractivity contribution >= 4 is 17.7 Å². The van der Waals surface area contributed by atoms with Crippen LogP contribution < -0.4 is 10.6 Å². The molecule has 0 saturated carbocycles. The van der Waals surface area contributed by atoms with Crippen LogP contribution in [0.2, 0.25) is 0 Å². The molecule has 30 heavy (non-hydrogen) atoms. The first-order valence-corrected chi connectivity index (χ1v) is 10.00. The van der Waals surface area contributed by atoms with Crippen molar-refractivity contribution in [3.63, 3.8) is 0 Å². The maximum atomic E-state index is 13.2. The smallest absolute Gasteiger partial charge is 0.321 e. The molecular formula is C23H26N2O5. The van der Waals surface area contributed by atoms with Crippen LogP contribution in [0.3, 0.4) is 0 Å². The van der Waals surface area contributed by atoms with E-state index in [0.29, 0.717) is 19.3 Å². The minimum absolute atomic E-state index is 0.278. The predicted octanol–water partition coefficient (Wildman–Crippen LogP) is 1.96. The highest BCUT2D eigenvalue weighted by molar-refractivity contribution is 5.92. The Hall–Kier alpha value is -3.03. The minimum atomic E-state index is -1.02. The highest BCUT2D eigenvalue weighted by atomic mass is 16.4. The Morgan fingerprint density at radius 1 is 1.07 bits per heavy atom. The Morgan fingerprint density at radius 3 is 2.40 bits per heavy atom. The Bertz CT molecular complexity index is 915. The molecule has 158 valence electrons. The van der Waals surface area contributed by atoms with E-state index in [1.165, 1.54) is 0 Å². The maximum Gasteiger partial charge on any atom is 0.321 e. The maximum absolute atomic E-state index is 13.2. The van der Waals surface area contributed by atoms with Gasteiger partial charge in [0.2, 0.25) is 0 Å². The summed E-state index contributed by atoms with van der Waals surface area (Å²) in [6.07, 6.45) is 1.20. The normalized spacial score (nSPS) is 20.0. The molecule has 0 spiro atoms. The van der Waals surface area contributed by atoms with Crippen molar-refractivity contribution in [2.45, 2.75) is 50.4 Å². The van der Waals surface area contributed by atoms with Gasteiger partial charge >= 0.3 is 11.9 Å². The van der Waals surface area contributed by atoms with E-state index in [9.17, 15) is 24.6 Å². The summed E-state index contributed by atoms with van der Waals surface area (Å²) in [6, 6.07) is 13.5. The summed E-state index contributed by atoms with van der Waals surface area (Å²) in [5, 5.41) is 24.9. The van der Waals surface area contributed by atoms with E-state index >= 15 is 0 Å². The van der Waals surface area contributed by atoms with E-state index in [1.807, 2.05) is 42.5 Å². The molecular weight excluding hydrogens is 384 g/mol. The van der Waals surface area contributed by atoms with Gasteiger partial charge in [0.05, 0.1) is 12.1 Å². The van der Waals surface area contributed by atoms with Crippen LogP contribution in [-0.2, 0) is 27.2 Å². The topological polar surface area (TPSA) is 116 Å². The van der Waals surface area contributed by atoms with Crippen molar-refractivity contribution < 1.29 is 24.6 Å². The fraction of sp³-hybridized carbons (Fsp3) is 0.348. The monoisotopic (exact) mass is 410 g/mol. The molecule has 0 aromatic heterocycles. The Balaban J connectivity index is 1.71. The molecule has 2 aromatic carbocycles. The van der Waals surface area contributed by atoms with Crippen molar-refractivity contribution in [1.29, 1.82) is 0 Å². The Labute approximate surface area is 175 Å². The van der Waals surface area contributed by atoms with E-state index in [4.69, 9.17) is 0 Å². The van der Waals surface area contributed by atoms with Crippen molar-refractivity contribution in [2.75, 3.05) is 0 Å². The molecule has 4 N–H and O–H groups in total. The molecule has 0 aliphatic carbocycles. The van der Waals surface area contributed by atoms with Gasteiger partial charge in [-0.05, 0) is 42.9 Å². The van der Waals surface area contributed by atoms with Crippen molar-refractivity contribution in [1.82, 2.24) is 10.6 Å². The van der Waals surface area contributed by atoms with Gasteiger partial charge < -0.3 is 10.2 Å². The van der Waals surface area contributed by atoms with Gasteiger partial charge in [0.1, 0.15) is 12.1 Å². The third-order valence-corrected chi connectivity index (χ3v) is 5.48. The lowest BCUT2D eigenvalue weighted by Crippen LogP contribution is -2.53. The summed E-state index contributed by atoms with van der Waals surface area (Å²) >= 11 is 0. The SMILES string of the molecule is C[C@H](NC(CCc1ccccc1)C(=O)O)C(=O)C1NC(C(=O)O)Cc2ccccc21. The molecule has 3 unspecified atom stereocenters. The number of aryl methyl sites for hydroxylation is 1. The summed E-state index contributed by atoms with van der Waals surface area (Å²) in [5.41, 5.74) is 2.58. The lowest BCUT2D eigenvalue weighted by atomic mass is 9.86. The van der Waals surface area contributed by atoms with Gasteiger partial charge in [-0.3, -0.25) is 25.0 Å². The first-order chi connectivity index (χ1) is 14.4. The fourth-order valence-electron chi connectivity index (χ4n) is 3.83. The van der Waals surface area contributed by atoms with Crippen LogP contribution >= 0.6 is 0 Å². The van der Waals surface area contributed by atoms with Gasteiger partial charge in [-0.2, -0.15) is 0 Å². The van der Waals surface area contributed by atoms with Crippen LogP contribution in [0.1, 0.15) is 36.1 Å². The predicted molar refractivity (Wildman–Crippen MR) is 111 cm³/mol. The molecule has 0 fully saturated rings. The van der Waals surface area contributed by atoms with Crippen LogP contribution in [0.15, 0.2) is 54.6 Å². The van der Waals surface area contributed by atoms with Crippen molar-refractivity contribution in [2.24, 2.45) is 0 Å². The zero-order valence-corrected chi connectivity index (χ0v) is 16.7. The second-order valence-electron chi connectivity index (χ2n) is 7.60. The number of hydrogen-bond donors (Lipinski definition) is 4. The average Bonchev–Trinajstić information content (AvgIpc) is 2.75. The number of fused-ring (bicyclic) bond motifs is 1. The summed E-state index contributed by atoms with van der Waals surface area (Å²) in [7, 11) is 0. The largest absolute Gasteiger partial charge is 0.480 e. The number of benzene rings is 2. The van der Waals surface area contributed by atoms with E-state index in [-0.39, 0.29) is 5.78 Å². The number of aliphatic carboxylic acids is 2. The van der Waals surface area contributed by atoms with Gasteiger partial charge in [0.15, 0.2) is 5.78 Å².